The lowest BCUT2D eigenvalue weighted by molar-refractivity contribution is -0.139. The van der Waals surface area contributed by atoms with Crippen molar-refractivity contribution in [3.05, 3.63) is 24.3 Å². The van der Waals surface area contributed by atoms with Gasteiger partial charge in [0.1, 0.15) is 0 Å². The fraction of sp³-hybridized carbons (Fsp3) is 0.652. The molecule has 1 N–H and O–H groups in total. The van der Waals surface area contributed by atoms with Gasteiger partial charge in [-0.15, -0.1) is 0 Å². The van der Waals surface area contributed by atoms with Crippen molar-refractivity contribution >= 4 is 23.4 Å². The van der Waals surface area contributed by atoms with Crippen LogP contribution in [0.2, 0.25) is 0 Å². The lowest BCUT2D eigenvalue weighted by atomic mass is 9.78. The first-order valence-electron chi connectivity index (χ1n) is 11.2. The number of amides is 2. The molecular weight excluding hydrogens is 382 g/mol. The van der Waals surface area contributed by atoms with E-state index in [4.69, 9.17) is 4.74 Å². The van der Waals surface area contributed by atoms with E-state index in [2.05, 4.69) is 9.80 Å². The van der Waals surface area contributed by atoms with E-state index in [1.165, 1.54) is 4.90 Å². The quantitative estimate of drug-likeness (QED) is 0.814. The number of hydrogen-bond acceptors (Lipinski definition) is 4. The summed E-state index contributed by atoms with van der Waals surface area (Å²) in [5.41, 5.74) is 1.46. The van der Waals surface area contributed by atoms with Crippen LogP contribution in [0, 0.1) is 5.41 Å². The molecule has 0 unspecified atom stereocenters. The van der Waals surface area contributed by atoms with Gasteiger partial charge in [0.2, 0.25) is 5.91 Å². The van der Waals surface area contributed by atoms with Gasteiger partial charge in [0.05, 0.1) is 5.41 Å². The maximum absolute atomic E-state index is 13.4. The predicted molar refractivity (Wildman–Crippen MR) is 116 cm³/mol. The summed E-state index contributed by atoms with van der Waals surface area (Å²) in [6, 6.07) is 7.92. The van der Waals surface area contributed by atoms with Gasteiger partial charge in [0, 0.05) is 56.3 Å². The van der Waals surface area contributed by atoms with Crippen LogP contribution in [0.3, 0.4) is 0 Å². The molecule has 164 valence electrons. The average molecular weight is 416 g/mol. The molecule has 0 saturated carbocycles. The van der Waals surface area contributed by atoms with Gasteiger partial charge in [0.15, 0.2) is 0 Å². The van der Waals surface area contributed by atoms with Gasteiger partial charge < -0.3 is 19.6 Å². The molecule has 1 aromatic carbocycles. The van der Waals surface area contributed by atoms with Gasteiger partial charge in [-0.2, -0.15) is 0 Å². The van der Waals surface area contributed by atoms with Crippen LogP contribution in [0.15, 0.2) is 24.3 Å². The summed E-state index contributed by atoms with van der Waals surface area (Å²) in [5, 5.41) is 9.48. The van der Waals surface area contributed by atoms with Crippen molar-refractivity contribution < 1.29 is 19.4 Å². The van der Waals surface area contributed by atoms with Crippen molar-refractivity contribution in [1.82, 2.24) is 4.90 Å². The highest BCUT2D eigenvalue weighted by Gasteiger charge is 2.50. The molecule has 1 spiro atoms. The summed E-state index contributed by atoms with van der Waals surface area (Å²) in [6.45, 7) is 7.78. The molecule has 0 bridgehead atoms. The second kappa shape index (κ2) is 8.46. The number of anilines is 2. The van der Waals surface area contributed by atoms with E-state index in [9.17, 15) is 14.7 Å². The third-order valence-corrected chi connectivity index (χ3v) is 6.97. The van der Waals surface area contributed by atoms with Crippen LogP contribution in [-0.4, -0.2) is 66.9 Å². The number of carbonyl (C=O) groups is 2. The molecule has 4 rings (SSSR count). The summed E-state index contributed by atoms with van der Waals surface area (Å²) < 4.78 is 5.48. The van der Waals surface area contributed by atoms with Crippen molar-refractivity contribution in [1.29, 1.82) is 0 Å². The van der Waals surface area contributed by atoms with Gasteiger partial charge in [0.25, 0.3) is 0 Å². The van der Waals surface area contributed by atoms with Gasteiger partial charge in [-0.1, -0.05) is 0 Å². The summed E-state index contributed by atoms with van der Waals surface area (Å²) >= 11 is 0. The number of ether oxygens (including phenoxy) is 1. The maximum Gasteiger partial charge on any atom is 0.412 e. The molecule has 3 aliphatic heterocycles. The van der Waals surface area contributed by atoms with Gasteiger partial charge >= 0.3 is 6.09 Å². The Hall–Kier alpha value is -2.28. The Kier molecular flexibility index (Phi) is 5.91. The van der Waals surface area contributed by atoms with Crippen molar-refractivity contribution in [2.24, 2.45) is 5.41 Å². The zero-order chi connectivity index (χ0) is 21.3. The maximum atomic E-state index is 13.4. The van der Waals surface area contributed by atoms with Crippen molar-refractivity contribution in [3.63, 3.8) is 0 Å². The largest absolute Gasteiger partial charge is 0.465 e. The summed E-state index contributed by atoms with van der Waals surface area (Å²) in [6.07, 6.45) is 3.84. The lowest BCUT2D eigenvalue weighted by Gasteiger charge is -2.41. The SMILES string of the molecule is CC(C)N(C(=O)O)c1ccc(N2CCC[C@]3(CCN(C4CCOCC4)C3=O)C2)cc1. The number of likely N-dealkylation sites (tertiary alicyclic amines) is 1. The highest BCUT2D eigenvalue weighted by Crippen LogP contribution is 2.43. The van der Waals surface area contributed by atoms with E-state index in [1.54, 1.807) is 0 Å². The van der Waals surface area contributed by atoms with Gasteiger partial charge in [-0.05, 0) is 70.2 Å². The number of carboxylic acid groups (broad SMARTS) is 1. The highest BCUT2D eigenvalue weighted by atomic mass is 16.5. The van der Waals surface area contributed by atoms with Crippen molar-refractivity contribution in [2.45, 2.75) is 58.0 Å². The number of piperidine rings is 1. The first kappa shape index (κ1) is 21.0. The lowest BCUT2D eigenvalue weighted by Crippen LogP contribution is -2.50. The molecule has 2 amide bonds. The molecule has 3 heterocycles. The zero-order valence-corrected chi connectivity index (χ0v) is 18.0. The molecule has 1 aromatic rings. The number of carbonyl (C=O) groups excluding carboxylic acids is 1. The molecule has 0 aromatic heterocycles. The fourth-order valence-electron chi connectivity index (χ4n) is 5.38. The molecule has 3 saturated heterocycles. The van der Waals surface area contributed by atoms with E-state index in [0.717, 1.165) is 70.6 Å². The minimum atomic E-state index is -0.945. The molecule has 0 aliphatic carbocycles. The van der Waals surface area contributed by atoms with Crippen molar-refractivity contribution in [3.8, 4) is 0 Å². The van der Waals surface area contributed by atoms with Crippen LogP contribution < -0.4 is 9.80 Å². The van der Waals surface area contributed by atoms with E-state index >= 15 is 0 Å². The summed E-state index contributed by atoms with van der Waals surface area (Å²) in [4.78, 5) is 30.8. The first-order chi connectivity index (χ1) is 14.4. The molecule has 0 radical (unpaired) electrons. The minimum Gasteiger partial charge on any atom is -0.465 e. The normalized spacial score (nSPS) is 25.4. The van der Waals surface area contributed by atoms with Crippen molar-refractivity contribution in [2.75, 3.05) is 42.6 Å². The second-order valence-corrected chi connectivity index (χ2v) is 9.16. The van der Waals surface area contributed by atoms with Crippen LogP contribution >= 0.6 is 0 Å². The molecule has 7 nitrogen and oxygen atoms in total. The fourth-order valence-corrected chi connectivity index (χ4v) is 5.38. The van der Waals surface area contributed by atoms with Crippen LogP contribution in [-0.2, 0) is 9.53 Å². The van der Waals surface area contributed by atoms with Crippen LogP contribution in [0.1, 0.15) is 46.0 Å². The third-order valence-electron chi connectivity index (χ3n) is 6.97. The first-order valence-corrected chi connectivity index (χ1v) is 11.2. The second-order valence-electron chi connectivity index (χ2n) is 9.16. The van der Waals surface area contributed by atoms with Gasteiger partial charge in [-0.25, -0.2) is 4.79 Å². The Morgan fingerprint density at radius 3 is 2.50 bits per heavy atom. The van der Waals surface area contributed by atoms with E-state index < -0.39 is 6.09 Å². The van der Waals surface area contributed by atoms with Crippen LogP contribution in [0.25, 0.3) is 0 Å². The van der Waals surface area contributed by atoms with E-state index in [1.807, 2.05) is 38.1 Å². The Balaban J connectivity index is 1.47. The van der Waals surface area contributed by atoms with Gasteiger partial charge in [-0.3, -0.25) is 9.69 Å². The summed E-state index contributed by atoms with van der Waals surface area (Å²) in [7, 11) is 0. The number of rotatable bonds is 4. The van der Waals surface area contributed by atoms with E-state index in [0.29, 0.717) is 17.6 Å². The predicted octanol–water partition coefficient (Wildman–Crippen LogP) is 3.58. The Morgan fingerprint density at radius 2 is 1.87 bits per heavy atom. The minimum absolute atomic E-state index is 0.126. The Labute approximate surface area is 178 Å². The van der Waals surface area contributed by atoms with Crippen LogP contribution in [0.4, 0.5) is 16.2 Å². The molecule has 3 aliphatic rings. The highest BCUT2D eigenvalue weighted by molar-refractivity contribution is 5.87. The Bertz CT molecular complexity index is 775. The smallest absolute Gasteiger partial charge is 0.412 e. The zero-order valence-electron chi connectivity index (χ0n) is 18.0. The Morgan fingerprint density at radius 1 is 1.17 bits per heavy atom. The molecule has 1 atom stereocenters. The summed E-state index contributed by atoms with van der Waals surface area (Å²) in [5.74, 6) is 0.326. The van der Waals surface area contributed by atoms with Crippen LogP contribution in [0.5, 0.6) is 0 Å². The third kappa shape index (κ3) is 3.87. The standard InChI is InChI=1S/C23H33N3O4/c1-17(2)26(22(28)29)20-6-4-18(5-7-20)24-12-3-10-23(16-24)11-13-25(21(23)27)19-8-14-30-15-9-19/h4-7,17,19H,3,8-16H2,1-2H3,(H,28,29)/t23-/m0/s1. The number of hydrogen-bond donors (Lipinski definition) is 1. The molecular formula is C23H33N3O4. The molecule has 7 heteroatoms. The number of benzene rings is 1. The topological polar surface area (TPSA) is 73.3 Å². The van der Waals surface area contributed by atoms with E-state index in [-0.39, 0.29) is 11.5 Å². The molecule has 3 fully saturated rings. The monoisotopic (exact) mass is 415 g/mol. The number of nitrogens with zero attached hydrogens (tertiary/aromatic N) is 3. The average Bonchev–Trinajstić information content (AvgIpc) is 3.04. The molecule has 30 heavy (non-hydrogen) atoms.